The lowest BCUT2D eigenvalue weighted by Crippen LogP contribution is -2.39. The van der Waals surface area contributed by atoms with Gasteiger partial charge in [-0.3, -0.25) is 15.1 Å². The molecule has 3 rings (SSSR count). The minimum absolute atomic E-state index is 0.0342. The third-order valence-corrected chi connectivity index (χ3v) is 6.18. The minimum atomic E-state index is -1.22. The fourth-order valence-corrected chi connectivity index (χ4v) is 4.81. The van der Waals surface area contributed by atoms with Gasteiger partial charge < -0.3 is 5.11 Å². The van der Waals surface area contributed by atoms with Crippen molar-refractivity contribution >= 4 is 35.0 Å². The van der Waals surface area contributed by atoms with E-state index >= 15 is 0 Å². The van der Waals surface area contributed by atoms with Crippen molar-refractivity contribution in [3.8, 4) is 0 Å². The van der Waals surface area contributed by atoms with Crippen LogP contribution < -0.4 is 0 Å². The molecular weight excluding hydrogens is 412 g/mol. The smallest absolute Gasteiger partial charge is 0.334 e. The number of carbonyl (C=O) groups is 1. The number of nitro groups is 1. The lowest BCUT2D eigenvalue weighted by atomic mass is 9.80. The first-order valence-electron chi connectivity index (χ1n) is 8.88. The molecule has 1 heterocycles. The minimum Gasteiger partial charge on any atom is -0.478 e. The quantitative estimate of drug-likeness (QED) is 0.386. The maximum atomic E-state index is 12.0. The average molecular weight is 431 g/mol. The number of halogens is 1. The summed E-state index contributed by atoms with van der Waals surface area (Å²) in [6.45, 7) is 3.15. The number of benzene rings is 2. The van der Waals surface area contributed by atoms with E-state index in [2.05, 4.69) is 4.99 Å². The summed E-state index contributed by atoms with van der Waals surface area (Å²) < 4.78 is 0. The second kappa shape index (κ2) is 8.80. The van der Waals surface area contributed by atoms with Crippen molar-refractivity contribution in [1.82, 2.24) is 0 Å². The van der Waals surface area contributed by atoms with Gasteiger partial charge in [-0.15, -0.1) is 11.8 Å². The molecule has 2 aromatic rings. The second-order valence-corrected chi connectivity index (χ2v) is 8.18. The number of allylic oxidation sites excluding steroid dienone is 1. The van der Waals surface area contributed by atoms with Crippen molar-refractivity contribution in [1.29, 1.82) is 0 Å². The largest absolute Gasteiger partial charge is 0.478 e. The molecule has 0 aromatic heterocycles. The molecule has 6 nitrogen and oxygen atoms in total. The van der Waals surface area contributed by atoms with Crippen LogP contribution in [-0.4, -0.2) is 27.8 Å². The van der Waals surface area contributed by atoms with Gasteiger partial charge >= 0.3 is 5.97 Å². The molecule has 8 heteroatoms. The van der Waals surface area contributed by atoms with Gasteiger partial charge in [0.1, 0.15) is 0 Å². The summed E-state index contributed by atoms with van der Waals surface area (Å²) >= 11 is 7.55. The van der Waals surface area contributed by atoms with Gasteiger partial charge in [-0.2, -0.15) is 0 Å². The number of nitrogens with zero attached hydrogens (tertiary/aromatic N) is 2. The Morgan fingerprint density at radius 2 is 1.97 bits per heavy atom. The van der Waals surface area contributed by atoms with Crippen molar-refractivity contribution in [2.75, 3.05) is 0 Å². The highest BCUT2D eigenvalue weighted by Crippen LogP contribution is 2.41. The van der Waals surface area contributed by atoms with E-state index in [0.29, 0.717) is 27.7 Å². The normalized spacial score (nSPS) is 19.1. The van der Waals surface area contributed by atoms with Crippen LogP contribution in [-0.2, 0) is 10.5 Å². The molecule has 0 aliphatic carbocycles. The first-order valence-corrected chi connectivity index (χ1v) is 10.2. The molecule has 2 atom stereocenters. The molecule has 2 aromatic carbocycles. The van der Waals surface area contributed by atoms with Crippen molar-refractivity contribution in [3.63, 3.8) is 0 Å². The van der Waals surface area contributed by atoms with Crippen molar-refractivity contribution in [2.24, 2.45) is 4.99 Å². The predicted molar refractivity (Wildman–Crippen MR) is 114 cm³/mol. The first-order chi connectivity index (χ1) is 13.8. The van der Waals surface area contributed by atoms with Gasteiger partial charge in [0.05, 0.1) is 17.2 Å². The van der Waals surface area contributed by atoms with Crippen LogP contribution in [0.2, 0.25) is 5.02 Å². The van der Waals surface area contributed by atoms with E-state index in [9.17, 15) is 20.0 Å². The fraction of sp³-hybridized carbons (Fsp3) is 0.238. The number of hydrogen-bond acceptors (Lipinski definition) is 5. The van der Waals surface area contributed by atoms with Gasteiger partial charge in [0.2, 0.25) is 0 Å². The standard InChI is InChI=1S/C21H19ClN2O4S/c1-12-18(21(25)26)19(20(24(27)28)13(2)23-12)16-8-3-4-9-17(16)29-11-14-6-5-7-15(22)10-14/h3-10,19-20H,11H2,1-2H3,(H,25,26). The molecule has 1 aliphatic heterocycles. The van der Waals surface area contributed by atoms with Gasteiger partial charge in [-0.25, -0.2) is 4.79 Å². The van der Waals surface area contributed by atoms with Gasteiger partial charge in [-0.05, 0) is 43.2 Å². The lowest BCUT2D eigenvalue weighted by Gasteiger charge is -2.28. The molecule has 0 spiro atoms. The summed E-state index contributed by atoms with van der Waals surface area (Å²) in [5, 5.41) is 22.3. The van der Waals surface area contributed by atoms with E-state index < -0.39 is 22.9 Å². The zero-order valence-electron chi connectivity index (χ0n) is 15.8. The van der Waals surface area contributed by atoms with Crippen LogP contribution in [0.5, 0.6) is 0 Å². The molecule has 150 valence electrons. The Morgan fingerprint density at radius 1 is 1.24 bits per heavy atom. The highest BCUT2D eigenvalue weighted by atomic mass is 35.5. The Kier molecular flexibility index (Phi) is 6.39. The highest BCUT2D eigenvalue weighted by Gasteiger charge is 2.45. The molecule has 1 aliphatic rings. The summed E-state index contributed by atoms with van der Waals surface area (Å²) in [5.41, 5.74) is 2.19. The Balaban J connectivity index is 2.04. The van der Waals surface area contributed by atoms with Crippen LogP contribution in [0.15, 0.2) is 69.7 Å². The summed E-state index contributed by atoms with van der Waals surface area (Å²) in [4.78, 5) is 28.3. The summed E-state index contributed by atoms with van der Waals surface area (Å²) in [7, 11) is 0. The number of carboxylic acids is 1. The van der Waals surface area contributed by atoms with Crippen LogP contribution in [0.4, 0.5) is 0 Å². The lowest BCUT2D eigenvalue weighted by molar-refractivity contribution is -0.505. The number of rotatable bonds is 6. The monoisotopic (exact) mass is 430 g/mol. The van der Waals surface area contributed by atoms with Gasteiger partial charge in [0.15, 0.2) is 0 Å². The molecular formula is C21H19ClN2O4S. The average Bonchev–Trinajstić information content (AvgIpc) is 2.65. The molecule has 0 amide bonds. The fourth-order valence-electron chi connectivity index (χ4n) is 3.56. The van der Waals surface area contributed by atoms with Gasteiger partial charge in [-0.1, -0.05) is 41.9 Å². The number of aliphatic carboxylic acids is 1. The second-order valence-electron chi connectivity index (χ2n) is 6.72. The van der Waals surface area contributed by atoms with Crippen LogP contribution >= 0.6 is 23.4 Å². The number of aliphatic imine (C=N–C) groups is 1. The van der Waals surface area contributed by atoms with Crippen LogP contribution in [0.1, 0.15) is 30.9 Å². The van der Waals surface area contributed by atoms with Crippen LogP contribution in [0.25, 0.3) is 0 Å². The molecule has 29 heavy (non-hydrogen) atoms. The third kappa shape index (κ3) is 4.52. The first kappa shape index (κ1) is 21.1. The molecule has 2 unspecified atom stereocenters. The summed E-state index contributed by atoms with van der Waals surface area (Å²) in [6.07, 6.45) is 0. The molecule has 1 N–H and O–H groups in total. The van der Waals surface area contributed by atoms with Gasteiger partial charge in [0, 0.05) is 26.3 Å². The maximum Gasteiger partial charge on any atom is 0.334 e. The van der Waals surface area contributed by atoms with E-state index in [1.807, 2.05) is 30.3 Å². The zero-order valence-corrected chi connectivity index (χ0v) is 17.4. The van der Waals surface area contributed by atoms with Crippen molar-refractivity contribution in [3.05, 3.63) is 86.1 Å². The molecule has 0 fully saturated rings. The molecule has 0 saturated carbocycles. The molecule has 0 radical (unpaired) electrons. The Labute approximate surface area is 177 Å². The van der Waals surface area contributed by atoms with E-state index in [1.165, 1.54) is 11.8 Å². The van der Waals surface area contributed by atoms with E-state index in [4.69, 9.17) is 11.6 Å². The van der Waals surface area contributed by atoms with E-state index in [-0.39, 0.29) is 5.57 Å². The third-order valence-electron chi connectivity index (χ3n) is 4.78. The summed E-state index contributed by atoms with van der Waals surface area (Å²) in [5.74, 6) is -1.50. The number of hydrogen-bond donors (Lipinski definition) is 1. The van der Waals surface area contributed by atoms with Crippen molar-refractivity contribution in [2.45, 2.75) is 36.5 Å². The zero-order chi connectivity index (χ0) is 21.1. The van der Waals surface area contributed by atoms with E-state index in [0.717, 1.165) is 10.5 Å². The number of thioether (sulfide) groups is 1. The Hall–Kier alpha value is -2.64. The van der Waals surface area contributed by atoms with Crippen LogP contribution in [0.3, 0.4) is 0 Å². The van der Waals surface area contributed by atoms with Crippen molar-refractivity contribution < 1.29 is 14.8 Å². The highest BCUT2D eigenvalue weighted by molar-refractivity contribution is 7.98. The summed E-state index contributed by atoms with van der Waals surface area (Å²) in [6, 6.07) is 13.5. The number of carboxylic acid groups (broad SMARTS) is 1. The predicted octanol–water partition coefficient (Wildman–Crippen LogP) is 5.19. The molecule has 0 saturated heterocycles. The molecule has 0 bridgehead atoms. The SMILES string of the molecule is CC1=NC(C)=C(C(=O)O)C(c2ccccc2SCc2cccc(Cl)c2)C1[N+](=O)[O-]. The maximum absolute atomic E-state index is 12.0. The van der Waals surface area contributed by atoms with Gasteiger partial charge in [0.25, 0.3) is 6.04 Å². The Bertz CT molecular complexity index is 1030. The van der Waals surface area contributed by atoms with Crippen LogP contribution in [0, 0.1) is 10.1 Å². The van der Waals surface area contributed by atoms with E-state index in [1.54, 1.807) is 32.0 Å². The topological polar surface area (TPSA) is 92.8 Å². The Morgan fingerprint density at radius 3 is 2.62 bits per heavy atom.